The van der Waals surface area contributed by atoms with Crippen molar-refractivity contribution >= 4 is 0 Å². The van der Waals surface area contributed by atoms with Gasteiger partial charge in [-0.2, -0.15) is 0 Å². The highest BCUT2D eigenvalue weighted by Gasteiger charge is 2.29. The van der Waals surface area contributed by atoms with E-state index in [1.165, 1.54) is 25.7 Å². The minimum atomic E-state index is 0.383. The molecule has 0 amide bonds. The molecule has 0 aromatic rings. The Morgan fingerprint density at radius 2 is 1.94 bits per heavy atom. The van der Waals surface area contributed by atoms with E-state index in [1.54, 1.807) is 0 Å². The lowest BCUT2D eigenvalue weighted by atomic mass is 9.82. The summed E-state index contributed by atoms with van der Waals surface area (Å²) < 4.78 is 6.13. The minimum Gasteiger partial charge on any atom is -0.377 e. The summed E-state index contributed by atoms with van der Waals surface area (Å²) in [5.74, 6) is 0.874. The van der Waals surface area contributed by atoms with Crippen LogP contribution in [0.5, 0.6) is 0 Å². The van der Waals surface area contributed by atoms with E-state index in [9.17, 15) is 0 Å². The molecule has 3 atom stereocenters. The van der Waals surface area contributed by atoms with E-state index in [-0.39, 0.29) is 0 Å². The average molecular weight is 241 g/mol. The van der Waals surface area contributed by atoms with Crippen LogP contribution < -0.4 is 5.32 Å². The fourth-order valence-corrected chi connectivity index (χ4v) is 2.61. The maximum absolute atomic E-state index is 6.13. The Kier molecular flexibility index (Phi) is 5.94. The Morgan fingerprint density at radius 1 is 1.24 bits per heavy atom. The Bertz CT molecular complexity index is 209. The number of likely N-dealkylation sites (N-methyl/N-ethyl adjacent to an activating group) is 1. The second-order valence-corrected chi connectivity index (χ2v) is 6.70. The van der Waals surface area contributed by atoms with E-state index in [0.29, 0.717) is 17.6 Å². The second-order valence-electron chi connectivity index (χ2n) is 6.70. The van der Waals surface area contributed by atoms with Crippen molar-refractivity contribution in [1.29, 1.82) is 0 Å². The highest BCUT2D eigenvalue weighted by atomic mass is 16.5. The van der Waals surface area contributed by atoms with Gasteiger partial charge in [0.1, 0.15) is 0 Å². The topological polar surface area (TPSA) is 21.3 Å². The fourth-order valence-electron chi connectivity index (χ4n) is 2.61. The highest BCUT2D eigenvalue weighted by Crippen LogP contribution is 2.29. The highest BCUT2D eigenvalue weighted by molar-refractivity contribution is 4.84. The molecule has 0 radical (unpaired) electrons. The van der Waals surface area contributed by atoms with Gasteiger partial charge in [-0.3, -0.25) is 0 Å². The SMILES string of the molecule is CCC1CCC(NC)C(OCCC(C)(C)C)C1. The van der Waals surface area contributed by atoms with Gasteiger partial charge in [0.2, 0.25) is 0 Å². The van der Waals surface area contributed by atoms with Gasteiger partial charge in [-0.15, -0.1) is 0 Å². The summed E-state index contributed by atoms with van der Waals surface area (Å²) in [5, 5.41) is 3.42. The molecule has 0 heterocycles. The molecule has 1 aliphatic carbocycles. The molecule has 2 heteroatoms. The number of hydrogen-bond acceptors (Lipinski definition) is 2. The molecule has 1 fully saturated rings. The molecule has 0 aliphatic heterocycles. The first-order valence-corrected chi connectivity index (χ1v) is 7.25. The Balaban J connectivity index is 2.36. The van der Waals surface area contributed by atoms with E-state index in [0.717, 1.165) is 18.9 Å². The van der Waals surface area contributed by atoms with Crippen LogP contribution in [0.1, 0.15) is 59.8 Å². The maximum Gasteiger partial charge on any atom is 0.0730 e. The Labute approximate surface area is 108 Å². The zero-order chi connectivity index (χ0) is 12.9. The second kappa shape index (κ2) is 6.75. The predicted molar refractivity (Wildman–Crippen MR) is 74.3 cm³/mol. The van der Waals surface area contributed by atoms with Gasteiger partial charge < -0.3 is 10.1 Å². The zero-order valence-corrected chi connectivity index (χ0v) is 12.4. The van der Waals surface area contributed by atoms with Gasteiger partial charge in [0.15, 0.2) is 0 Å². The van der Waals surface area contributed by atoms with Crippen molar-refractivity contribution in [2.24, 2.45) is 11.3 Å². The summed E-state index contributed by atoms with van der Waals surface area (Å²) in [6.07, 6.45) is 6.76. The molecule has 2 nitrogen and oxygen atoms in total. The van der Waals surface area contributed by atoms with Crippen molar-refractivity contribution in [1.82, 2.24) is 5.32 Å². The summed E-state index contributed by atoms with van der Waals surface area (Å²) >= 11 is 0. The molecule has 1 rings (SSSR count). The third-order valence-electron chi connectivity index (χ3n) is 4.03. The van der Waals surface area contributed by atoms with E-state index in [4.69, 9.17) is 4.74 Å². The van der Waals surface area contributed by atoms with Crippen LogP contribution in [0, 0.1) is 11.3 Å². The summed E-state index contributed by atoms with van der Waals surface area (Å²) in [5.41, 5.74) is 0.383. The molecule has 0 bridgehead atoms. The molecule has 3 unspecified atom stereocenters. The van der Waals surface area contributed by atoms with Crippen LogP contribution in [0.25, 0.3) is 0 Å². The van der Waals surface area contributed by atoms with Crippen LogP contribution in [-0.4, -0.2) is 25.8 Å². The van der Waals surface area contributed by atoms with Gasteiger partial charge in [0.25, 0.3) is 0 Å². The Morgan fingerprint density at radius 3 is 2.47 bits per heavy atom. The van der Waals surface area contributed by atoms with Gasteiger partial charge in [-0.05, 0) is 44.1 Å². The number of nitrogens with one attached hydrogen (secondary N) is 1. The standard InChI is InChI=1S/C15H31NO/c1-6-12-7-8-13(16-5)14(11-12)17-10-9-15(2,3)4/h12-14,16H,6-11H2,1-5H3. The molecule has 0 spiro atoms. The molecule has 0 aromatic carbocycles. The van der Waals surface area contributed by atoms with Crippen LogP contribution >= 0.6 is 0 Å². The molecule has 0 aromatic heterocycles. The first kappa shape index (κ1) is 15.0. The van der Waals surface area contributed by atoms with Gasteiger partial charge in [0.05, 0.1) is 6.10 Å². The van der Waals surface area contributed by atoms with Gasteiger partial charge in [-0.25, -0.2) is 0 Å². The van der Waals surface area contributed by atoms with Crippen LogP contribution in [0.3, 0.4) is 0 Å². The Hall–Kier alpha value is -0.0800. The molecule has 17 heavy (non-hydrogen) atoms. The smallest absolute Gasteiger partial charge is 0.0730 e. The van der Waals surface area contributed by atoms with Crippen molar-refractivity contribution in [3.63, 3.8) is 0 Å². The fraction of sp³-hybridized carbons (Fsp3) is 1.00. The van der Waals surface area contributed by atoms with Crippen LogP contribution in [0.4, 0.5) is 0 Å². The monoisotopic (exact) mass is 241 g/mol. The molecule has 102 valence electrons. The molecule has 1 N–H and O–H groups in total. The minimum absolute atomic E-state index is 0.383. The quantitative estimate of drug-likeness (QED) is 0.794. The van der Waals surface area contributed by atoms with E-state index in [1.807, 2.05) is 0 Å². The summed E-state index contributed by atoms with van der Waals surface area (Å²) in [4.78, 5) is 0. The summed E-state index contributed by atoms with van der Waals surface area (Å²) in [6, 6.07) is 0.567. The summed E-state index contributed by atoms with van der Waals surface area (Å²) in [7, 11) is 2.07. The van der Waals surface area contributed by atoms with Crippen molar-refractivity contribution < 1.29 is 4.74 Å². The number of ether oxygens (including phenoxy) is 1. The number of hydrogen-bond donors (Lipinski definition) is 1. The molecule has 1 saturated carbocycles. The van der Waals surface area contributed by atoms with Gasteiger partial charge in [-0.1, -0.05) is 34.1 Å². The first-order valence-electron chi connectivity index (χ1n) is 7.25. The van der Waals surface area contributed by atoms with E-state index in [2.05, 4.69) is 40.1 Å². The van der Waals surface area contributed by atoms with Crippen molar-refractivity contribution in [3.8, 4) is 0 Å². The first-order chi connectivity index (χ1) is 7.96. The van der Waals surface area contributed by atoms with Crippen molar-refractivity contribution in [3.05, 3.63) is 0 Å². The van der Waals surface area contributed by atoms with Crippen molar-refractivity contribution in [2.75, 3.05) is 13.7 Å². The lowest BCUT2D eigenvalue weighted by Gasteiger charge is -2.36. The molecular formula is C15H31NO. The zero-order valence-electron chi connectivity index (χ0n) is 12.4. The van der Waals surface area contributed by atoms with E-state index < -0.39 is 0 Å². The maximum atomic E-state index is 6.13. The van der Waals surface area contributed by atoms with Gasteiger partial charge >= 0.3 is 0 Å². The van der Waals surface area contributed by atoms with E-state index >= 15 is 0 Å². The number of rotatable bonds is 5. The van der Waals surface area contributed by atoms with Crippen LogP contribution in [-0.2, 0) is 4.74 Å². The van der Waals surface area contributed by atoms with Crippen LogP contribution in [0.2, 0.25) is 0 Å². The molecular weight excluding hydrogens is 210 g/mol. The van der Waals surface area contributed by atoms with Crippen molar-refractivity contribution in [2.45, 2.75) is 71.9 Å². The largest absolute Gasteiger partial charge is 0.377 e. The third kappa shape index (κ3) is 5.39. The third-order valence-corrected chi connectivity index (χ3v) is 4.03. The summed E-state index contributed by atoms with van der Waals surface area (Å²) in [6.45, 7) is 10.0. The molecule has 1 aliphatic rings. The van der Waals surface area contributed by atoms with Crippen LogP contribution in [0.15, 0.2) is 0 Å². The lowest BCUT2D eigenvalue weighted by molar-refractivity contribution is -0.0176. The van der Waals surface area contributed by atoms with Gasteiger partial charge in [0, 0.05) is 12.6 Å². The lowest BCUT2D eigenvalue weighted by Crippen LogP contribution is -2.44. The normalized spacial score (nSPS) is 30.5. The predicted octanol–water partition coefficient (Wildman–Crippen LogP) is 3.61. The average Bonchev–Trinajstić information content (AvgIpc) is 2.27. The molecule has 0 saturated heterocycles.